The quantitative estimate of drug-likeness (QED) is 0.527. The molecule has 0 aromatic heterocycles. The number of carbonyl (C=O) groups excluding carboxylic acids is 1. The van der Waals surface area contributed by atoms with Crippen molar-refractivity contribution < 1.29 is 9.90 Å². The van der Waals surface area contributed by atoms with Gasteiger partial charge in [-0.1, -0.05) is 17.7 Å². The van der Waals surface area contributed by atoms with Gasteiger partial charge < -0.3 is 15.7 Å². The van der Waals surface area contributed by atoms with Gasteiger partial charge in [-0.05, 0) is 106 Å². The van der Waals surface area contributed by atoms with E-state index < -0.39 is 0 Å². The first-order valence-corrected chi connectivity index (χ1v) is 11.8. The van der Waals surface area contributed by atoms with Gasteiger partial charge in [0.05, 0.1) is 16.7 Å². The molecule has 1 amide bonds. The van der Waals surface area contributed by atoms with Crippen molar-refractivity contribution >= 4 is 17.5 Å². The summed E-state index contributed by atoms with van der Waals surface area (Å²) >= 11 is 6.36. The third-order valence-corrected chi connectivity index (χ3v) is 7.65. The van der Waals surface area contributed by atoms with Crippen LogP contribution in [0.5, 0.6) is 0 Å². The van der Waals surface area contributed by atoms with Crippen molar-refractivity contribution in [1.82, 2.24) is 10.6 Å². The molecule has 0 saturated heterocycles. The molecule has 0 heterocycles. The molecule has 4 bridgehead atoms. The smallest absolute Gasteiger partial charge is 0.252 e. The molecule has 4 fully saturated rings. The van der Waals surface area contributed by atoms with Crippen molar-refractivity contribution in [2.75, 3.05) is 19.6 Å². The van der Waals surface area contributed by atoms with E-state index in [-0.39, 0.29) is 12.0 Å². The molecule has 5 rings (SSSR count). The summed E-state index contributed by atoms with van der Waals surface area (Å²) in [5.74, 6) is 2.66. The van der Waals surface area contributed by atoms with E-state index in [1.807, 2.05) is 18.2 Å². The van der Waals surface area contributed by atoms with E-state index in [0.29, 0.717) is 22.5 Å². The lowest BCUT2D eigenvalue weighted by Gasteiger charge is -2.56. The predicted molar refractivity (Wildman–Crippen MR) is 117 cm³/mol. The maximum atomic E-state index is 12.9. The Hall–Kier alpha value is -1.10. The zero-order valence-electron chi connectivity index (χ0n) is 17.6. The van der Waals surface area contributed by atoms with Gasteiger partial charge >= 0.3 is 0 Å². The monoisotopic (exact) mass is 418 g/mol. The third-order valence-electron chi connectivity index (χ3n) is 7.32. The van der Waals surface area contributed by atoms with Gasteiger partial charge in [0.2, 0.25) is 0 Å². The second kappa shape index (κ2) is 8.95. The first kappa shape index (κ1) is 21.1. The van der Waals surface area contributed by atoms with E-state index in [2.05, 4.69) is 10.6 Å². The number of benzene rings is 1. The summed E-state index contributed by atoms with van der Waals surface area (Å²) in [6.07, 6.45) is 9.69. The van der Waals surface area contributed by atoms with Crippen LogP contribution in [0.4, 0.5) is 0 Å². The average molecular weight is 419 g/mol. The Morgan fingerprint density at radius 1 is 1.21 bits per heavy atom. The number of carbonyl (C=O) groups is 1. The van der Waals surface area contributed by atoms with Gasteiger partial charge in [-0.15, -0.1) is 0 Å². The molecule has 1 aromatic rings. The third kappa shape index (κ3) is 5.15. The Balaban J connectivity index is 1.31. The highest BCUT2D eigenvalue weighted by atomic mass is 35.5. The fourth-order valence-corrected chi connectivity index (χ4v) is 6.70. The second-order valence-corrected chi connectivity index (χ2v) is 10.5. The van der Waals surface area contributed by atoms with Gasteiger partial charge in [-0.2, -0.15) is 0 Å². The van der Waals surface area contributed by atoms with Gasteiger partial charge in [0, 0.05) is 13.1 Å². The minimum atomic E-state index is -0.324. The molecule has 0 radical (unpaired) electrons. The normalized spacial score (nSPS) is 31.1. The lowest BCUT2D eigenvalue weighted by molar-refractivity contribution is -0.0503. The molecular weight excluding hydrogens is 384 g/mol. The van der Waals surface area contributed by atoms with Crippen LogP contribution in [0, 0.1) is 23.2 Å². The van der Waals surface area contributed by atoms with Crippen molar-refractivity contribution in [3.63, 3.8) is 0 Å². The Morgan fingerprint density at radius 2 is 1.86 bits per heavy atom. The first-order valence-electron chi connectivity index (χ1n) is 11.4. The van der Waals surface area contributed by atoms with Crippen molar-refractivity contribution in [1.29, 1.82) is 0 Å². The van der Waals surface area contributed by atoms with E-state index in [9.17, 15) is 9.90 Å². The summed E-state index contributed by atoms with van der Waals surface area (Å²) in [4.78, 5) is 12.9. The predicted octanol–water partition coefficient (Wildman–Crippen LogP) is 4.19. The molecule has 4 saturated carbocycles. The van der Waals surface area contributed by atoms with E-state index in [0.717, 1.165) is 49.2 Å². The maximum Gasteiger partial charge on any atom is 0.252 e. The number of aliphatic hydroxyl groups excluding tert-OH is 1. The zero-order valence-corrected chi connectivity index (χ0v) is 18.3. The van der Waals surface area contributed by atoms with Crippen LogP contribution in [-0.4, -0.2) is 36.8 Å². The highest BCUT2D eigenvalue weighted by molar-refractivity contribution is 6.33. The first-order chi connectivity index (χ1) is 13.9. The van der Waals surface area contributed by atoms with Crippen LogP contribution in [0.1, 0.15) is 67.8 Å². The summed E-state index contributed by atoms with van der Waals surface area (Å²) < 4.78 is 0. The summed E-state index contributed by atoms with van der Waals surface area (Å²) in [7, 11) is 0. The maximum absolute atomic E-state index is 12.9. The van der Waals surface area contributed by atoms with Crippen LogP contribution in [0.25, 0.3) is 0 Å². The molecule has 4 aliphatic rings. The van der Waals surface area contributed by atoms with Crippen LogP contribution in [0.3, 0.4) is 0 Å². The van der Waals surface area contributed by atoms with Gasteiger partial charge in [0.1, 0.15) is 0 Å². The Kier molecular flexibility index (Phi) is 6.53. The van der Waals surface area contributed by atoms with E-state index >= 15 is 0 Å². The number of aliphatic hydroxyl groups is 1. The van der Waals surface area contributed by atoms with Gasteiger partial charge in [-0.25, -0.2) is 0 Å². The van der Waals surface area contributed by atoms with Crippen LogP contribution in [-0.2, 0) is 6.42 Å². The van der Waals surface area contributed by atoms with Crippen LogP contribution >= 0.6 is 11.6 Å². The lowest BCUT2D eigenvalue weighted by atomic mass is 9.49. The number of hydrogen-bond acceptors (Lipinski definition) is 3. The Labute approximate surface area is 179 Å². The fourth-order valence-electron chi connectivity index (χ4n) is 6.50. The molecule has 0 aliphatic heterocycles. The molecule has 4 nitrogen and oxygen atoms in total. The van der Waals surface area contributed by atoms with E-state index in [1.165, 1.54) is 38.5 Å². The molecule has 5 heteroatoms. The highest BCUT2D eigenvalue weighted by Gasteiger charge is 2.50. The standard InChI is InChI=1S/C24H35ClN2O2/c1-16(28)14-26-6-2-3-17-4-5-22(25)21(10-17)23(29)27-15-24-11-18-7-19(12-24)9-20(8-18)13-24/h4-5,10,16,18-20,26,28H,2-3,6-9,11-15H2,1H3,(H,27,29)/t16-,18?,19?,20?,24?/m1/s1. The SMILES string of the molecule is C[C@@H](O)CNCCCc1ccc(Cl)c(C(=O)NCC23CC4CC(CC(C4)C2)C3)c1. The number of hydrogen-bond donors (Lipinski definition) is 3. The van der Waals surface area contributed by atoms with Crippen molar-refractivity contribution in [3.8, 4) is 0 Å². The van der Waals surface area contributed by atoms with Gasteiger partial charge in [-0.3, -0.25) is 4.79 Å². The fraction of sp³-hybridized carbons (Fsp3) is 0.708. The van der Waals surface area contributed by atoms with E-state index in [1.54, 1.807) is 6.92 Å². The molecule has 3 N–H and O–H groups in total. The number of nitrogens with one attached hydrogen (secondary N) is 2. The Bertz CT molecular complexity index is 698. The molecular formula is C24H35ClN2O2. The number of rotatable bonds is 9. The Morgan fingerprint density at radius 3 is 2.48 bits per heavy atom. The topological polar surface area (TPSA) is 61.4 Å². The molecule has 0 spiro atoms. The summed E-state index contributed by atoms with van der Waals surface area (Å²) in [5.41, 5.74) is 2.07. The average Bonchev–Trinajstić information content (AvgIpc) is 2.66. The van der Waals surface area contributed by atoms with Crippen molar-refractivity contribution in [2.45, 2.75) is 64.4 Å². The van der Waals surface area contributed by atoms with Crippen LogP contribution in [0.2, 0.25) is 5.02 Å². The van der Waals surface area contributed by atoms with Crippen LogP contribution < -0.4 is 10.6 Å². The summed E-state index contributed by atoms with van der Waals surface area (Å²) in [6, 6.07) is 5.80. The highest BCUT2D eigenvalue weighted by Crippen LogP contribution is 2.59. The van der Waals surface area contributed by atoms with Crippen LogP contribution in [0.15, 0.2) is 18.2 Å². The molecule has 29 heavy (non-hydrogen) atoms. The molecule has 4 aliphatic carbocycles. The van der Waals surface area contributed by atoms with Crippen molar-refractivity contribution in [2.24, 2.45) is 23.2 Å². The summed E-state index contributed by atoms with van der Waals surface area (Å²) in [6.45, 7) is 4.04. The molecule has 1 aromatic carbocycles. The zero-order chi connectivity index (χ0) is 20.4. The van der Waals surface area contributed by atoms with Gasteiger partial charge in [0.15, 0.2) is 0 Å². The lowest BCUT2D eigenvalue weighted by Crippen LogP contribution is -2.51. The molecule has 160 valence electrons. The van der Waals surface area contributed by atoms with Gasteiger partial charge in [0.25, 0.3) is 5.91 Å². The minimum Gasteiger partial charge on any atom is -0.392 e. The number of halogens is 1. The van der Waals surface area contributed by atoms with E-state index in [4.69, 9.17) is 11.6 Å². The molecule has 1 atom stereocenters. The molecule has 0 unspecified atom stereocenters. The number of aryl methyl sites for hydroxylation is 1. The summed E-state index contributed by atoms with van der Waals surface area (Å²) in [5, 5.41) is 16.3. The van der Waals surface area contributed by atoms with Crippen molar-refractivity contribution in [3.05, 3.63) is 34.3 Å². The minimum absolute atomic E-state index is 0.0279. The number of amides is 1. The largest absolute Gasteiger partial charge is 0.392 e. The second-order valence-electron chi connectivity index (χ2n) is 10.1.